The molecular weight excluding hydrogens is 330 g/mol. The van der Waals surface area contributed by atoms with Crippen molar-refractivity contribution in [1.29, 1.82) is 0 Å². The zero-order valence-corrected chi connectivity index (χ0v) is 13.6. The van der Waals surface area contributed by atoms with Gasteiger partial charge in [-0.05, 0) is 25.0 Å². The molecule has 1 amide bonds. The van der Waals surface area contributed by atoms with Crippen LogP contribution in [0, 0.1) is 5.92 Å². The molecular formula is C17H16ClN3O3. The predicted molar refractivity (Wildman–Crippen MR) is 88.7 cm³/mol. The smallest absolute Gasteiger partial charge is 0.223 e. The summed E-state index contributed by atoms with van der Waals surface area (Å²) in [5, 5.41) is 4.44. The van der Waals surface area contributed by atoms with Crippen LogP contribution < -0.4 is 10.1 Å². The van der Waals surface area contributed by atoms with Gasteiger partial charge in [-0.3, -0.25) is 4.79 Å². The summed E-state index contributed by atoms with van der Waals surface area (Å²) in [6, 6.07) is 5.68. The van der Waals surface area contributed by atoms with Crippen LogP contribution in [-0.2, 0) is 17.9 Å². The SMILES string of the molecule is O=C(NCc1cc2cc(Cl)c(OCc3cocn3)cc2[nH]1)C1CC1. The van der Waals surface area contributed by atoms with Crippen LogP contribution in [0.15, 0.2) is 35.3 Å². The lowest BCUT2D eigenvalue weighted by molar-refractivity contribution is -0.122. The van der Waals surface area contributed by atoms with E-state index < -0.39 is 0 Å². The number of aromatic nitrogens is 2. The van der Waals surface area contributed by atoms with Gasteiger partial charge in [0.25, 0.3) is 0 Å². The Morgan fingerprint density at radius 2 is 2.29 bits per heavy atom. The van der Waals surface area contributed by atoms with Gasteiger partial charge in [0.05, 0.1) is 11.6 Å². The van der Waals surface area contributed by atoms with Gasteiger partial charge in [-0.25, -0.2) is 4.98 Å². The first-order valence-corrected chi connectivity index (χ1v) is 8.15. The van der Waals surface area contributed by atoms with Crippen molar-refractivity contribution >= 4 is 28.4 Å². The van der Waals surface area contributed by atoms with E-state index in [0.29, 0.717) is 23.0 Å². The molecule has 4 rings (SSSR count). The van der Waals surface area contributed by atoms with Gasteiger partial charge in [0.15, 0.2) is 6.39 Å². The number of benzene rings is 1. The van der Waals surface area contributed by atoms with Crippen LogP contribution in [0.1, 0.15) is 24.2 Å². The van der Waals surface area contributed by atoms with Crippen molar-refractivity contribution in [3.63, 3.8) is 0 Å². The standard InChI is InChI=1S/C17H16ClN3O3/c18-14-4-11-3-12(6-19-17(22)10-1-2-10)21-15(11)5-16(14)24-8-13-7-23-9-20-13/h3-5,7,9-10,21H,1-2,6,8H2,(H,19,22). The summed E-state index contributed by atoms with van der Waals surface area (Å²) in [6.07, 6.45) is 4.89. The molecule has 0 aliphatic heterocycles. The molecule has 0 saturated heterocycles. The van der Waals surface area contributed by atoms with Crippen molar-refractivity contribution in [3.8, 4) is 5.75 Å². The molecule has 2 heterocycles. The number of amides is 1. The van der Waals surface area contributed by atoms with Crippen molar-refractivity contribution in [2.75, 3.05) is 0 Å². The molecule has 0 bridgehead atoms. The molecule has 6 nitrogen and oxygen atoms in total. The molecule has 1 aliphatic carbocycles. The van der Waals surface area contributed by atoms with E-state index in [1.807, 2.05) is 18.2 Å². The second kappa shape index (κ2) is 6.20. The highest BCUT2D eigenvalue weighted by atomic mass is 35.5. The van der Waals surface area contributed by atoms with Crippen LogP contribution >= 0.6 is 11.6 Å². The summed E-state index contributed by atoms with van der Waals surface area (Å²) in [7, 11) is 0. The number of H-pyrrole nitrogens is 1. The second-order valence-electron chi connectivity index (χ2n) is 5.92. The first kappa shape index (κ1) is 15.1. The Balaban J connectivity index is 1.47. The number of carbonyl (C=O) groups is 1. The largest absolute Gasteiger partial charge is 0.486 e. The third kappa shape index (κ3) is 3.23. The van der Waals surface area contributed by atoms with E-state index in [0.717, 1.165) is 29.4 Å². The first-order chi connectivity index (χ1) is 11.7. The van der Waals surface area contributed by atoms with E-state index in [2.05, 4.69) is 15.3 Å². The summed E-state index contributed by atoms with van der Waals surface area (Å²) in [6.45, 7) is 0.767. The number of hydrogen-bond acceptors (Lipinski definition) is 4. The number of nitrogens with one attached hydrogen (secondary N) is 2. The number of ether oxygens (including phenoxy) is 1. The third-order valence-corrected chi connectivity index (χ3v) is 4.28. The quantitative estimate of drug-likeness (QED) is 0.717. The monoisotopic (exact) mass is 345 g/mol. The molecule has 124 valence electrons. The van der Waals surface area contributed by atoms with E-state index in [9.17, 15) is 4.79 Å². The molecule has 0 spiro atoms. The van der Waals surface area contributed by atoms with Crippen LogP contribution in [-0.4, -0.2) is 15.9 Å². The molecule has 3 aromatic rings. The first-order valence-electron chi connectivity index (χ1n) is 7.78. The van der Waals surface area contributed by atoms with Gasteiger partial charge < -0.3 is 19.5 Å². The van der Waals surface area contributed by atoms with Crippen molar-refractivity contribution in [1.82, 2.24) is 15.3 Å². The van der Waals surface area contributed by atoms with Gasteiger partial charge in [-0.15, -0.1) is 0 Å². The van der Waals surface area contributed by atoms with Gasteiger partial charge in [0.1, 0.15) is 24.3 Å². The molecule has 0 atom stereocenters. The van der Waals surface area contributed by atoms with Crippen molar-refractivity contribution in [2.24, 2.45) is 5.92 Å². The van der Waals surface area contributed by atoms with Crippen molar-refractivity contribution in [2.45, 2.75) is 26.0 Å². The lowest BCUT2D eigenvalue weighted by Crippen LogP contribution is -2.24. The summed E-state index contributed by atoms with van der Waals surface area (Å²) in [5.74, 6) is 0.909. The molecule has 1 saturated carbocycles. The fraction of sp³-hybridized carbons (Fsp3) is 0.294. The number of carbonyl (C=O) groups excluding carboxylic acids is 1. The molecule has 1 aromatic carbocycles. The molecule has 0 radical (unpaired) electrons. The number of oxazole rings is 1. The maximum absolute atomic E-state index is 11.7. The van der Waals surface area contributed by atoms with E-state index in [4.69, 9.17) is 20.8 Å². The molecule has 24 heavy (non-hydrogen) atoms. The van der Waals surface area contributed by atoms with Gasteiger partial charge >= 0.3 is 0 Å². The Kier molecular flexibility index (Phi) is 3.90. The molecule has 2 N–H and O–H groups in total. The second-order valence-corrected chi connectivity index (χ2v) is 6.33. The average molecular weight is 346 g/mol. The summed E-state index contributed by atoms with van der Waals surface area (Å²) >= 11 is 6.28. The normalized spacial score (nSPS) is 14.0. The average Bonchev–Trinajstić information content (AvgIpc) is 3.15. The Hall–Kier alpha value is -2.47. The maximum Gasteiger partial charge on any atom is 0.223 e. The van der Waals surface area contributed by atoms with Crippen LogP contribution in [0.5, 0.6) is 5.75 Å². The van der Waals surface area contributed by atoms with Crippen LogP contribution in [0.2, 0.25) is 5.02 Å². The molecule has 2 aromatic heterocycles. The molecule has 7 heteroatoms. The molecule has 1 fully saturated rings. The van der Waals surface area contributed by atoms with Crippen LogP contribution in [0.4, 0.5) is 0 Å². The Morgan fingerprint density at radius 1 is 1.42 bits per heavy atom. The molecule has 0 unspecified atom stereocenters. The Morgan fingerprint density at radius 3 is 3.04 bits per heavy atom. The number of nitrogens with zero attached hydrogens (tertiary/aromatic N) is 1. The Bertz CT molecular complexity index is 869. The minimum atomic E-state index is 0.128. The van der Waals surface area contributed by atoms with Gasteiger partial charge in [-0.1, -0.05) is 11.6 Å². The zero-order valence-electron chi connectivity index (χ0n) is 12.8. The highest BCUT2D eigenvalue weighted by molar-refractivity contribution is 6.32. The van der Waals surface area contributed by atoms with Gasteiger partial charge in [0, 0.05) is 28.6 Å². The maximum atomic E-state index is 11.7. The molecule has 1 aliphatic rings. The third-order valence-electron chi connectivity index (χ3n) is 3.99. The fourth-order valence-corrected chi connectivity index (χ4v) is 2.76. The topological polar surface area (TPSA) is 80.2 Å². The van der Waals surface area contributed by atoms with Gasteiger partial charge in [-0.2, -0.15) is 0 Å². The lowest BCUT2D eigenvalue weighted by Gasteiger charge is -2.06. The predicted octanol–water partition coefficient (Wildman–Crippen LogP) is 3.41. The highest BCUT2D eigenvalue weighted by Crippen LogP contribution is 2.31. The van der Waals surface area contributed by atoms with Gasteiger partial charge in [0.2, 0.25) is 5.91 Å². The summed E-state index contributed by atoms with van der Waals surface area (Å²) < 4.78 is 10.6. The van der Waals surface area contributed by atoms with Crippen molar-refractivity contribution in [3.05, 3.63) is 47.3 Å². The minimum Gasteiger partial charge on any atom is -0.486 e. The number of aromatic amines is 1. The summed E-state index contributed by atoms with van der Waals surface area (Å²) in [5.41, 5.74) is 2.54. The minimum absolute atomic E-state index is 0.128. The zero-order chi connectivity index (χ0) is 16.5. The van der Waals surface area contributed by atoms with E-state index in [-0.39, 0.29) is 18.4 Å². The van der Waals surface area contributed by atoms with Crippen molar-refractivity contribution < 1.29 is 13.9 Å². The number of rotatable bonds is 6. The summed E-state index contributed by atoms with van der Waals surface area (Å²) in [4.78, 5) is 19.0. The van der Waals surface area contributed by atoms with E-state index >= 15 is 0 Å². The highest BCUT2D eigenvalue weighted by Gasteiger charge is 2.29. The fourth-order valence-electron chi connectivity index (χ4n) is 2.53. The van der Waals surface area contributed by atoms with E-state index in [1.165, 1.54) is 12.7 Å². The lowest BCUT2D eigenvalue weighted by atomic mass is 10.2. The van der Waals surface area contributed by atoms with E-state index in [1.54, 1.807) is 0 Å². The number of hydrogen-bond donors (Lipinski definition) is 2. The number of halogens is 1. The van der Waals surface area contributed by atoms with Crippen LogP contribution in [0.3, 0.4) is 0 Å². The number of fused-ring (bicyclic) bond motifs is 1. The van der Waals surface area contributed by atoms with Crippen LogP contribution in [0.25, 0.3) is 10.9 Å². The Labute approximate surface area is 143 Å².